The summed E-state index contributed by atoms with van der Waals surface area (Å²) in [4.78, 5) is 4.57. The van der Waals surface area contributed by atoms with Gasteiger partial charge in [-0.1, -0.05) is 0 Å². The third kappa shape index (κ3) is 1.79. The van der Waals surface area contributed by atoms with Gasteiger partial charge in [0, 0.05) is 12.5 Å². The lowest BCUT2D eigenvalue weighted by Crippen LogP contribution is -2.13. The van der Waals surface area contributed by atoms with Crippen LogP contribution in [0.5, 0.6) is 0 Å². The van der Waals surface area contributed by atoms with E-state index in [1.807, 2.05) is 0 Å². The van der Waals surface area contributed by atoms with Crippen LogP contribution in [0.1, 0.15) is 42.8 Å². The number of nitrogens with zero attached hydrogens (tertiary/aromatic N) is 1. The molecule has 4 heteroatoms. The smallest absolute Gasteiger partial charge is 0.211 e. The molecule has 0 saturated carbocycles. The first kappa shape index (κ1) is 9.36. The lowest BCUT2D eigenvalue weighted by atomic mass is 10.1. The molecule has 15 heavy (non-hydrogen) atoms. The van der Waals surface area contributed by atoms with E-state index < -0.39 is 0 Å². The summed E-state index contributed by atoms with van der Waals surface area (Å²) in [5.41, 5.74) is 1.07. The van der Waals surface area contributed by atoms with Crippen LogP contribution in [0.4, 0.5) is 0 Å². The second kappa shape index (κ2) is 3.94. The fourth-order valence-corrected chi connectivity index (χ4v) is 2.31. The van der Waals surface area contributed by atoms with Crippen LogP contribution in [0.2, 0.25) is 0 Å². The van der Waals surface area contributed by atoms with Gasteiger partial charge in [0.25, 0.3) is 0 Å². The van der Waals surface area contributed by atoms with Gasteiger partial charge in [0.05, 0.1) is 18.3 Å². The molecule has 0 spiro atoms. The van der Waals surface area contributed by atoms with Gasteiger partial charge in [-0.2, -0.15) is 0 Å². The van der Waals surface area contributed by atoms with Crippen LogP contribution in [0.25, 0.3) is 0 Å². The minimum atomic E-state index is 0.334. The van der Waals surface area contributed by atoms with Gasteiger partial charge in [0.2, 0.25) is 5.89 Å². The number of rotatable bonds is 2. The Bertz CT molecular complexity index is 295. The number of ether oxygens (including phenoxy) is 1. The van der Waals surface area contributed by atoms with E-state index >= 15 is 0 Å². The highest BCUT2D eigenvalue weighted by Crippen LogP contribution is 2.28. The van der Waals surface area contributed by atoms with Gasteiger partial charge in [-0.05, 0) is 25.8 Å². The second-order valence-electron chi connectivity index (χ2n) is 4.32. The Morgan fingerprint density at radius 3 is 3.13 bits per heavy atom. The molecule has 2 fully saturated rings. The van der Waals surface area contributed by atoms with Crippen LogP contribution in [-0.2, 0) is 4.74 Å². The summed E-state index contributed by atoms with van der Waals surface area (Å²) in [6, 6.07) is 0.334. The summed E-state index contributed by atoms with van der Waals surface area (Å²) < 4.78 is 10.9. The molecule has 0 amide bonds. The lowest BCUT2D eigenvalue weighted by Gasteiger charge is -2.04. The summed E-state index contributed by atoms with van der Waals surface area (Å²) >= 11 is 0. The first-order chi connectivity index (χ1) is 7.43. The predicted octanol–water partition coefficient (Wildman–Crippen LogP) is 1.60. The van der Waals surface area contributed by atoms with Gasteiger partial charge in [-0.25, -0.2) is 4.98 Å². The number of aromatic nitrogens is 1. The van der Waals surface area contributed by atoms with Crippen molar-refractivity contribution in [3.63, 3.8) is 0 Å². The SMILES string of the molecule is c1oc(C2CCCN2)nc1C1CCOC1. The van der Waals surface area contributed by atoms with Gasteiger partial charge in [0.15, 0.2) is 0 Å². The maximum absolute atomic E-state index is 5.53. The average molecular weight is 208 g/mol. The fraction of sp³-hybridized carbons (Fsp3) is 0.727. The minimum absolute atomic E-state index is 0.334. The Balaban J connectivity index is 1.74. The van der Waals surface area contributed by atoms with Gasteiger partial charge < -0.3 is 14.5 Å². The van der Waals surface area contributed by atoms with E-state index in [1.165, 1.54) is 6.42 Å². The normalized spacial score (nSPS) is 31.2. The highest BCUT2D eigenvalue weighted by molar-refractivity contribution is 5.08. The first-order valence-electron chi connectivity index (χ1n) is 5.70. The fourth-order valence-electron chi connectivity index (χ4n) is 2.31. The molecule has 3 rings (SSSR count). The molecule has 2 unspecified atom stereocenters. The number of hydrogen-bond donors (Lipinski definition) is 1. The van der Waals surface area contributed by atoms with E-state index in [2.05, 4.69) is 10.3 Å². The summed E-state index contributed by atoms with van der Waals surface area (Å²) in [5, 5.41) is 3.39. The van der Waals surface area contributed by atoms with E-state index in [0.717, 1.165) is 44.2 Å². The molecule has 1 N–H and O–H groups in total. The van der Waals surface area contributed by atoms with Crippen molar-refractivity contribution in [2.75, 3.05) is 19.8 Å². The van der Waals surface area contributed by atoms with Crippen molar-refractivity contribution in [3.8, 4) is 0 Å². The molecule has 0 aliphatic carbocycles. The summed E-state index contributed by atoms with van der Waals surface area (Å²) in [5.74, 6) is 1.30. The van der Waals surface area contributed by atoms with Crippen molar-refractivity contribution in [2.24, 2.45) is 0 Å². The molecule has 4 nitrogen and oxygen atoms in total. The van der Waals surface area contributed by atoms with E-state index in [0.29, 0.717) is 12.0 Å². The van der Waals surface area contributed by atoms with Gasteiger partial charge in [-0.15, -0.1) is 0 Å². The van der Waals surface area contributed by atoms with Gasteiger partial charge in [-0.3, -0.25) is 0 Å². The van der Waals surface area contributed by atoms with Crippen LogP contribution in [0.3, 0.4) is 0 Å². The zero-order valence-electron chi connectivity index (χ0n) is 8.74. The van der Waals surface area contributed by atoms with E-state index in [1.54, 1.807) is 6.26 Å². The van der Waals surface area contributed by atoms with Crippen LogP contribution >= 0.6 is 0 Å². The monoisotopic (exact) mass is 208 g/mol. The molecule has 2 aliphatic rings. The summed E-state index contributed by atoms with van der Waals surface area (Å²) in [6.45, 7) is 2.73. The maximum atomic E-state index is 5.53. The third-order valence-electron chi connectivity index (χ3n) is 3.25. The average Bonchev–Trinajstić information content (AvgIpc) is 3.02. The van der Waals surface area contributed by atoms with Gasteiger partial charge >= 0.3 is 0 Å². The number of oxazole rings is 1. The Labute approximate surface area is 89.0 Å². The Morgan fingerprint density at radius 2 is 2.40 bits per heavy atom. The molecule has 2 aliphatic heterocycles. The van der Waals surface area contributed by atoms with E-state index in [4.69, 9.17) is 9.15 Å². The topological polar surface area (TPSA) is 47.3 Å². The highest BCUT2D eigenvalue weighted by Gasteiger charge is 2.25. The minimum Gasteiger partial charge on any atom is -0.447 e. The molecule has 0 aromatic carbocycles. The molecular formula is C11H16N2O2. The van der Waals surface area contributed by atoms with Crippen LogP contribution in [0.15, 0.2) is 10.7 Å². The van der Waals surface area contributed by atoms with Crippen molar-refractivity contribution < 1.29 is 9.15 Å². The molecule has 2 saturated heterocycles. The Kier molecular flexibility index (Phi) is 2.46. The van der Waals surface area contributed by atoms with Gasteiger partial charge in [0.1, 0.15) is 6.26 Å². The standard InChI is InChI=1S/C11H16N2O2/c1-2-9(12-4-1)11-13-10(7-15-11)8-3-5-14-6-8/h7-9,12H,1-6H2. The van der Waals surface area contributed by atoms with Crippen molar-refractivity contribution in [3.05, 3.63) is 17.8 Å². The zero-order chi connectivity index (χ0) is 10.1. The van der Waals surface area contributed by atoms with Crippen molar-refractivity contribution >= 4 is 0 Å². The molecule has 1 aromatic heterocycles. The zero-order valence-corrected chi connectivity index (χ0v) is 8.74. The molecule has 82 valence electrons. The number of nitrogens with one attached hydrogen (secondary N) is 1. The first-order valence-corrected chi connectivity index (χ1v) is 5.70. The summed E-state index contributed by atoms with van der Waals surface area (Å²) in [7, 11) is 0. The number of hydrogen-bond acceptors (Lipinski definition) is 4. The molecule has 0 radical (unpaired) electrons. The summed E-state index contributed by atoms with van der Waals surface area (Å²) in [6.07, 6.45) is 5.23. The maximum Gasteiger partial charge on any atom is 0.211 e. The largest absolute Gasteiger partial charge is 0.447 e. The molecular weight excluding hydrogens is 192 g/mol. The second-order valence-corrected chi connectivity index (χ2v) is 4.32. The molecule has 0 bridgehead atoms. The molecule has 2 atom stereocenters. The quantitative estimate of drug-likeness (QED) is 0.802. The molecule has 1 aromatic rings. The van der Waals surface area contributed by atoms with Crippen LogP contribution in [0, 0.1) is 0 Å². The van der Waals surface area contributed by atoms with Crippen LogP contribution in [-0.4, -0.2) is 24.7 Å². The van der Waals surface area contributed by atoms with Crippen molar-refractivity contribution in [2.45, 2.75) is 31.2 Å². The third-order valence-corrected chi connectivity index (χ3v) is 3.25. The van der Waals surface area contributed by atoms with E-state index in [9.17, 15) is 0 Å². The van der Waals surface area contributed by atoms with Crippen molar-refractivity contribution in [1.82, 2.24) is 10.3 Å². The van der Waals surface area contributed by atoms with Crippen LogP contribution < -0.4 is 5.32 Å². The van der Waals surface area contributed by atoms with E-state index in [-0.39, 0.29) is 0 Å². The highest BCUT2D eigenvalue weighted by atomic mass is 16.5. The van der Waals surface area contributed by atoms with Crippen molar-refractivity contribution in [1.29, 1.82) is 0 Å². The Hall–Kier alpha value is -0.870. The lowest BCUT2D eigenvalue weighted by molar-refractivity contribution is 0.193. The molecule has 3 heterocycles. The Morgan fingerprint density at radius 1 is 1.40 bits per heavy atom. The predicted molar refractivity (Wildman–Crippen MR) is 54.7 cm³/mol.